The van der Waals surface area contributed by atoms with E-state index in [4.69, 9.17) is 4.98 Å². The molecule has 0 saturated heterocycles. The highest BCUT2D eigenvalue weighted by atomic mass is 79.9. The molecule has 4 rings (SSSR count). The van der Waals surface area contributed by atoms with Crippen LogP contribution < -0.4 is 4.90 Å². The molecule has 0 spiro atoms. The second-order valence-corrected chi connectivity index (χ2v) is 9.34. The normalized spacial score (nSPS) is 10.8. The Balaban J connectivity index is 1.78. The summed E-state index contributed by atoms with van der Waals surface area (Å²) in [6.07, 6.45) is 1.17. The maximum absolute atomic E-state index is 13.5. The molecule has 1 heterocycles. The van der Waals surface area contributed by atoms with Gasteiger partial charge < -0.3 is 0 Å². The van der Waals surface area contributed by atoms with Crippen LogP contribution in [-0.4, -0.2) is 10.9 Å². The first-order chi connectivity index (χ1) is 15.0. The Morgan fingerprint density at radius 1 is 1.00 bits per heavy atom. The highest BCUT2D eigenvalue weighted by molar-refractivity contribution is 9.10. The first-order valence-corrected chi connectivity index (χ1v) is 11.9. The lowest BCUT2D eigenvalue weighted by Crippen LogP contribution is -2.27. The zero-order chi connectivity index (χ0) is 21.8. The predicted molar refractivity (Wildman–Crippen MR) is 133 cm³/mol. The van der Waals surface area contributed by atoms with Crippen molar-refractivity contribution in [2.45, 2.75) is 26.7 Å². The second-order valence-electron chi connectivity index (χ2n) is 7.36. The van der Waals surface area contributed by atoms with Gasteiger partial charge in [-0.15, -0.1) is 11.3 Å². The van der Waals surface area contributed by atoms with Crippen LogP contribution in [0.5, 0.6) is 0 Å². The molecule has 0 N–H and O–H groups in total. The van der Waals surface area contributed by atoms with Gasteiger partial charge in [0, 0.05) is 14.9 Å². The fourth-order valence-electron chi connectivity index (χ4n) is 3.44. The summed E-state index contributed by atoms with van der Waals surface area (Å²) < 4.78 is 0.925. The Kier molecular flexibility index (Phi) is 6.64. The summed E-state index contributed by atoms with van der Waals surface area (Å²) in [6.45, 7) is 4.21. The monoisotopic (exact) mass is 490 g/mol. The molecule has 0 atom stereocenters. The lowest BCUT2D eigenvalue weighted by atomic mass is 10.1. The van der Waals surface area contributed by atoms with Crippen LogP contribution in [0.4, 0.5) is 10.8 Å². The number of rotatable bonds is 6. The molecule has 31 heavy (non-hydrogen) atoms. The maximum atomic E-state index is 13.5. The molecule has 3 nitrogen and oxygen atoms in total. The zero-order valence-corrected chi connectivity index (χ0v) is 19.9. The smallest absolute Gasteiger partial charge is 0.237 e. The summed E-state index contributed by atoms with van der Waals surface area (Å²) in [5, 5.41) is 0.700. The van der Waals surface area contributed by atoms with Crippen LogP contribution in [0.25, 0.3) is 11.3 Å². The summed E-state index contributed by atoms with van der Waals surface area (Å²) in [4.78, 5) is 21.4. The average molecular weight is 491 g/mol. The van der Waals surface area contributed by atoms with Gasteiger partial charge >= 0.3 is 0 Å². The summed E-state index contributed by atoms with van der Waals surface area (Å²) in [7, 11) is 0. The molecule has 0 bridgehead atoms. The van der Waals surface area contributed by atoms with E-state index >= 15 is 0 Å². The largest absolute Gasteiger partial charge is 0.274 e. The molecule has 0 aliphatic heterocycles. The number of aromatic nitrogens is 1. The molecule has 156 valence electrons. The van der Waals surface area contributed by atoms with Gasteiger partial charge in [-0.1, -0.05) is 89.1 Å². The van der Waals surface area contributed by atoms with Crippen LogP contribution in [0, 0.1) is 6.92 Å². The number of benzene rings is 3. The molecular formula is C26H23BrN2OS. The van der Waals surface area contributed by atoms with E-state index in [9.17, 15) is 4.79 Å². The lowest BCUT2D eigenvalue weighted by molar-refractivity contribution is -0.117. The van der Waals surface area contributed by atoms with Gasteiger partial charge in [0.25, 0.3) is 0 Å². The number of carbonyl (C=O) groups is 1. The molecule has 3 aromatic carbocycles. The van der Waals surface area contributed by atoms with Gasteiger partial charge in [0.2, 0.25) is 5.91 Å². The van der Waals surface area contributed by atoms with Crippen molar-refractivity contribution < 1.29 is 4.79 Å². The third-order valence-corrected chi connectivity index (χ3v) is 6.72. The van der Waals surface area contributed by atoms with Crippen molar-refractivity contribution >= 4 is 44.0 Å². The van der Waals surface area contributed by atoms with Crippen molar-refractivity contribution in [1.82, 2.24) is 4.98 Å². The van der Waals surface area contributed by atoms with Gasteiger partial charge in [0.1, 0.15) is 0 Å². The molecule has 0 saturated carbocycles. The van der Waals surface area contributed by atoms with Crippen molar-refractivity contribution in [2.24, 2.45) is 0 Å². The van der Waals surface area contributed by atoms with Crippen LogP contribution in [0.1, 0.15) is 22.9 Å². The van der Waals surface area contributed by atoms with E-state index in [1.165, 1.54) is 10.4 Å². The fourth-order valence-corrected chi connectivity index (χ4v) is 4.88. The molecule has 5 heteroatoms. The van der Waals surface area contributed by atoms with E-state index in [0.29, 0.717) is 11.6 Å². The van der Waals surface area contributed by atoms with Crippen LogP contribution in [0.15, 0.2) is 83.3 Å². The number of halogens is 1. The molecule has 0 aliphatic carbocycles. The number of amides is 1. The first kappa shape index (κ1) is 21.5. The Hall–Kier alpha value is -2.76. The van der Waals surface area contributed by atoms with Crippen molar-refractivity contribution in [2.75, 3.05) is 4.90 Å². The number of nitrogens with zero attached hydrogens (tertiary/aromatic N) is 2. The van der Waals surface area contributed by atoms with Crippen LogP contribution in [0.3, 0.4) is 0 Å². The Labute approximate surface area is 195 Å². The van der Waals surface area contributed by atoms with Crippen LogP contribution in [0.2, 0.25) is 0 Å². The van der Waals surface area contributed by atoms with Crippen LogP contribution in [-0.2, 0) is 17.6 Å². The minimum atomic E-state index is -0.00356. The molecular weight excluding hydrogens is 468 g/mol. The highest BCUT2D eigenvalue weighted by Gasteiger charge is 2.24. The lowest BCUT2D eigenvalue weighted by Gasteiger charge is -2.20. The number of hydrogen-bond donors (Lipinski definition) is 0. The molecule has 1 amide bonds. The fraction of sp³-hybridized carbons (Fsp3) is 0.154. The number of hydrogen-bond acceptors (Lipinski definition) is 3. The second kappa shape index (κ2) is 9.58. The Morgan fingerprint density at radius 2 is 1.74 bits per heavy atom. The molecule has 0 aliphatic rings. The SMILES string of the molecule is CCc1sc(N(C(=O)Cc2ccccc2)c2cccc(Br)c2)nc1-c1ccc(C)cc1. The highest BCUT2D eigenvalue weighted by Crippen LogP contribution is 2.37. The Bertz CT molecular complexity index is 1190. The zero-order valence-electron chi connectivity index (χ0n) is 17.5. The molecule has 0 radical (unpaired) electrons. The Morgan fingerprint density at radius 3 is 2.42 bits per heavy atom. The van der Waals surface area contributed by atoms with Gasteiger partial charge in [-0.2, -0.15) is 0 Å². The van der Waals surface area contributed by atoms with Gasteiger partial charge in [0.15, 0.2) is 5.13 Å². The van der Waals surface area contributed by atoms with Crippen molar-refractivity contribution in [1.29, 1.82) is 0 Å². The predicted octanol–water partition coefficient (Wildman–Crippen LogP) is 7.35. The van der Waals surface area contributed by atoms with Crippen LogP contribution >= 0.6 is 27.3 Å². The van der Waals surface area contributed by atoms with Crippen molar-refractivity contribution in [3.8, 4) is 11.3 Å². The molecule has 4 aromatic rings. The summed E-state index contributed by atoms with van der Waals surface area (Å²) >= 11 is 5.13. The van der Waals surface area contributed by atoms with E-state index in [1.54, 1.807) is 16.2 Å². The maximum Gasteiger partial charge on any atom is 0.237 e. The molecule has 1 aromatic heterocycles. The quantitative estimate of drug-likeness (QED) is 0.283. The topological polar surface area (TPSA) is 33.2 Å². The first-order valence-electron chi connectivity index (χ1n) is 10.2. The van der Waals surface area contributed by atoms with Crippen molar-refractivity contribution in [3.05, 3.63) is 99.3 Å². The molecule has 0 fully saturated rings. The number of anilines is 2. The van der Waals surface area contributed by atoms with E-state index in [-0.39, 0.29) is 5.91 Å². The summed E-state index contributed by atoms with van der Waals surface area (Å²) in [5.41, 5.74) is 5.04. The number of thiazole rings is 1. The third kappa shape index (κ3) is 4.94. The van der Waals surface area contributed by atoms with Crippen molar-refractivity contribution in [3.63, 3.8) is 0 Å². The van der Waals surface area contributed by atoms with E-state index in [2.05, 4.69) is 54.0 Å². The van der Waals surface area contributed by atoms with Gasteiger partial charge in [0.05, 0.1) is 17.8 Å². The summed E-state index contributed by atoms with van der Waals surface area (Å²) in [5.74, 6) is -0.00356. The van der Waals surface area contributed by atoms with E-state index in [1.807, 2.05) is 54.6 Å². The van der Waals surface area contributed by atoms with E-state index < -0.39 is 0 Å². The van der Waals surface area contributed by atoms with Gasteiger partial charge in [-0.25, -0.2) is 4.98 Å². The third-order valence-electron chi connectivity index (χ3n) is 5.04. The standard InChI is InChI=1S/C26H23BrN2OS/c1-3-23-25(20-14-12-18(2)13-15-20)28-26(31-23)29(22-11-7-10-21(27)17-22)24(30)16-19-8-5-4-6-9-19/h4-15,17H,3,16H2,1-2H3. The van der Waals surface area contributed by atoms with E-state index in [0.717, 1.165) is 33.4 Å². The molecule has 0 unspecified atom stereocenters. The number of aryl methyl sites for hydroxylation is 2. The number of carbonyl (C=O) groups excluding carboxylic acids is 1. The average Bonchev–Trinajstić information content (AvgIpc) is 3.19. The minimum absolute atomic E-state index is 0.00356. The summed E-state index contributed by atoms with van der Waals surface area (Å²) in [6, 6.07) is 26.0. The minimum Gasteiger partial charge on any atom is -0.274 e. The van der Waals surface area contributed by atoms with Gasteiger partial charge in [-0.05, 0) is 37.1 Å². The van der Waals surface area contributed by atoms with Gasteiger partial charge in [-0.3, -0.25) is 9.69 Å².